The Labute approximate surface area is 246 Å². The lowest BCUT2D eigenvalue weighted by molar-refractivity contribution is -0.119. The third kappa shape index (κ3) is 3.96. The molecule has 0 aliphatic carbocycles. The maximum Gasteiger partial charge on any atom is 0.319 e. The van der Waals surface area contributed by atoms with Gasteiger partial charge in [-0.2, -0.15) is 4.98 Å². The van der Waals surface area contributed by atoms with Crippen LogP contribution in [-0.2, 0) is 10.3 Å². The van der Waals surface area contributed by atoms with Gasteiger partial charge >= 0.3 is 6.01 Å². The van der Waals surface area contributed by atoms with E-state index < -0.39 is 17.4 Å². The molecule has 0 bridgehead atoms. The predicted molar refractivity (Wildman–Crippen MR) is 155 cm³/mol. The van der Waals surface area contributed by atoms with Crippen LogP contribution in [0.25, 0.3) is 11.4 Å². The fraction of sp³-hybridized carbons (Fsp3) is 0.276. The van der Waals surface area contributed by atoms with Gasteiger partial charge in [0.25, 0.3) is 11.8 Å². The van der Waals surface area contributed by atoms with Crippen molar-refractivity contribution in [1.29, 1.82) is 0 Å². The molecular formula is C29H26Cl2N6O4. The molecule has 0 fully saturated rings. The van der Waals surface area contributed by atoms with Gasteiger partial charge in [0.2, 0.25) is 5.88 Å². The fourth-order valence-electron chi connectivity index (χ4n) is 5.57. The summed E-state index contributed by atoms with van der Waals surface area (Å²) in [5.41, 5.74) is 0.902. The van der Waals surface area contributed by atoms with Gasteiger partial charge in [-0.1, -0.05) is 35.3 Å². The van der Waals surface area contributed by atoms with Crippen molar-refractivity contribution < 1.29 is 19.1 Å². The van der Waals surface area contributed by atoms with E-state index in [0.29, 0.717) is 44.1 Å². The summed E-state index contributed by atoms with van der Waals surface area (Å²) in [6, 6.07) is 11.9. The molecule has 1 spiro atoms. The first-order chi connectivity index (χ1) is 19.6. The van der Waals surface area contributed by atoms with Crippen LogP contribution in [0.5, 0.6) is 11.9 Å². The van der Waals surface area contributed by atoms with Crippen molar-refractivity contribution in [3.63, 3.8) is 0 Å². The SMILES string of the molecule is COc1nc(OC(C)C)ncc1-c1nc2c(n1C(C)C)[C@]1(C(=O)Nc3cc(Cl)ccc31)N(c1cccc(Cl)c1)C2=O. The normalized spacial score (nSPS) is 17.4. The number of halogens is 2. The van der Waals surface area contributed by atoms with Gasteiger partial charge in [0.05, 0.1) is 24.5 Å². The highest BCUT2D eigenvalue weighted by Gasteiger charge is 2.64. The standard InChI is InChI=1S/C29H26Cl2N6O4/c1-14(2)36-23-22(34-24(36)19-13-32-28(41-15(3)4)35-25(19)40-5)26(38)37(18-8-6-7-16(30)11-18)29(23)20-10-9-17(31)12-21(20)33-27(29)39/h6-15H,1-5H3,(H,33,39)/t29-/m1/s1. The van der Waals surface area contributed by atoms with Crippen LogP contribution in [0.2, 0.25) is 10.0 Å². The molecule has 0 radical (unpaired) electrons. The first-order valence-corrected chi connectivity index (χ1v) is 13.8. The Bertz CT molecular complexity index is 1740. The Balaban J connectivity index is 1.67. The molecular weight excluding hydrogens is 567 g/mol. The van der Waals surface area contributed by atoms with Crippen molar-refractivity contribution >= 4 is 46.4 Å². The highest BCUT2D eigenvalue weighted by molar-refractivity contribution is 6.32. The number of hydrogen-bond acceptors (Lipinski definition) is 7. The van der Waals surface area contributed by atoms with E-state index >= 15 is 0 Å². The molecule has 4 aromatic rings. The zero-order chi connectivity index (χ0) is 29.2. The molecule has 0 unspecified atom stereocenters. The lowest BCUT2D eigenvalue weighted by Gasteiger charge is -2.35. The molecule has 2 aromatic heterocycles. The Hall–Kier alpha value is -4.15. The lowest BCUT2D eigenvalue weighted by Crippen LogP contribution is -2.51. The topological polar surface area (TPSA) is 111 Å². The van der Waals surface area contributed by atoms with E-state index in [1.54, 1.807) is 48.7 Å². The van der Waals surface area contributed by atoms with Crippen LogP contribution >= 0.6 is 23.2 Å². The monoisotopic (exact) mass is 592 g/mol. The van der Waals surface area contributed by atoms with Crippen LogP contribution in [0, 0.1) is 0 Å². The van der Waals surface area contributed by atoms with Gasteiger partial charge in [-0.05, 0) is 58.0 Å². The Morgan fingerprint density at radius 3 is 2.44 bits per heavy atom. The van der Waals surface area contributed by atoms with Crippen LogP contribution in [0.3, 0.4) is 0 Å². The smallest absolute Gasteiger partial charge is 0.319 e. The van der Waals surface area contributed by atoms with Gasteiger partial charge in [-0.15, -0.1) is 0 Å². The molecule has 210 valence electrons. The molecule has 41 heavy (non-hydrogen) atoms. The van der Waals surface area contributed by atoms with E-state index in [2.05, 4.69) is 15.3 Å². The first kappa shape index (κ1) is 27.0. The van der Waals surface area contributed by atoms with Gasteiger partial charge in [0, 0.05) is 39.2 Å². The van der Waals surface area contributed by atoms with Gasteiger partial charge < -0.3 is 19.4 Å². The maximum absolute atomic E-state index is 14.4. The summed E-state index contributed by atoms with van der Waals surface area (Å²) in [6.07, 6.45) is 1.41. The minimum atomic E-state index is -1.60. The average molecular weight is 593 g/mol. The van der Waals surface area contributed by atoms with Crippen molar-refractivity contribution in [3.8, 4) is 23.3 Å². The van der Waals surface area contributed by atoms with E-state index in [4.69, 9.17) is 37.7 Å². The zero-order valence-corrected chi connectivity index (χ0v) is 24.4. The summed E-state index contributed by atoms with van der Waals surface area (Å²) in [4.78, 5) is 43.7. The number of ether oxygens (including phenoxy) is 2. The molecule has 2 aliphatic rings. The fourth-order valence-corrected chi connectivity index (χ4v) is 5.92. The van der Waals surface area contributed by atoms with Crippen molar-refractivity contribution in [1.82, 2.24) is 19.5 Å². The van der Waals surface area contributed by atoms with Crippen LogP contribution < -0.4 is 19.7 Å². The number of nitrogens with one attached hydrogen (secondary N) is 1. The largest absolute Gasteiger partial charge is 0.480 e. The zero-order valence-electron chi connectivity index (χ0n) is 22.9. The van der Waals surface area contributed by atoms with E-state index in [1.165, 1.54) is 12.0 Å². The summed E-state index contributed by atoms with van der Waals surface area (Å²) in [6.45, 7) is 7.64. The number of fused-ring (bicyclic) bond motifs is 4. The van der Waals surface area contributed by atoms with Crippen LogP contribution in [0.1, 0.15) is 55.5 Å². The Morgan fingerprint density at radius 2 is 1.76 bits per heavy atom. The number of amides is 2. The quantitative estimate of drug-likeness (QED) is 0.297. The molecule has 1 atom stereocenters. The van der Waals surface area contributed by atoms with Crippen molar-refractivity contribution in [2.24, 2.45) is 0 Å². The number of carbonyl (C=O) groups is 2. The second-order valence-electron chi connectivity index (χ2n) is 10.3. The van der Waals surface area contributed by atoms with Gasteiger partial charge in [-0.25, -0.2) is 9.97 Å². The summed E-state index contributed by atoms with van der Waals surface area (Å²) in [7, 11) is 1.49. The van der Waals surface area contributed by atoms with Crippen molar-refractivity contribution in [2.45, 2.75) is 45.4 Å². The summed E-state index contributed by atoms with van der Waals surface area (Å²) < 4.78 is 13.1. The summed E-state index contributed by atoms with van der Waals surface area (Å²) >= 11 is 12.7. The minimum absolute atomic E-state index is 0.121. The number of aromatic nitrogens is 4. The maximum atomic E-state index is 14.4. The number of nitrogens with zero attached hydrogens (tertiary/aromatic N) is 5. The predicted octanol–water partition coefficient (Wildman–Crippen LogP) is 5.88. The van der Waals surface area contributed by atoms with E-state index in [1.807, 2.05) is 32.3 Å². The average Bonchev–Trinajstić information content (AvgIpc) is 3.52. The molecule has 12 heteroatoms. The van der Waals surface area contributed by atoms with Crippen LogP contribution in [0.15, 0.2) is 48.7 Å². The molecule has 6 rings (SSSR count). The number of imidazole rings is 1. The molecule has 0 saturated carbocycles. The molecule has 2 aliphatic heterocycles. The molecule has 2 aromatic carbocycles. The molecule has 1 N–H and O–H groups in total. The number of rotatable bonds is 6. The van der Waals surface area contributed by atoms with Gasteiger partial charge in [-0.3, -0.25) is 14.5 Å². The van der Waals surface area contributed by atoms with Crippen molar-refractivity contribution in [3.05, 3.63) is 75.7 Å². The number of benzene rings is 2. The molecule has 10 nitrogen and oxygen atoms in total. The third-order valence-electron chi connectivity index (χ3n) is 7.03. The van der Waals surface area contributed by atoms with Crippen LogP contribution in [0.4, 0.5) is 11.4 Å². The first-order valence-electron chi connectivity index (χ1n) is 13.0. The van der Waals surface area contributed by atoms with Gasteiger partial charge in [0.1, 0.15) is 5.82 Å². The molecule has 0 saturated heterocycles. The minimum Gasteiger partial charge on any atom is -0.480 e. The molecule has 4 heterocycles. The Kier molecular flexibility index (Phi) is 6.43. The number of anilines is 2. The number of hydrogen-bond donors (Lipinski definition) is 1. The second kappa shape index (κ2) is 9.74. The van der Waals surface area contributed by atoms with E-state index in [0.717, 1.165) is 0 Å². The molecule has 2 amide bonds. The lowest BCUT2D eigenvalue weighted by atomic mass is 9.87. The Morgan fingerprint density at radius 1 is 1.00 bits per heavy atom. The van der Waals surface area contributed by atoms with E-state index in [9.17, 15) is 9.59 Å². The third-order valence-corrected chi connectivity index (χ3v) is 7.50. The summed E-state index contributed by atoms with van der Waals surface area (Å²) in [5, 5.41) is 3.82. The van der Waals surface area contributed by atoms with E-state index in [-0.39, 0.29) is 29.7 Å². The van der Waals surface area contributed by atoms with Gasteiger partial charge in [0.15, 0.2) is 11.2 Å². The number of methoxy groups -OCH3 is 1. The summed E-state index contributed by atoms with van der Waals surface area (Å²) in [5.74, 6) is -0.274. The highest BCUT2D eigenvalue weighted by atomic mass is 35.5. The van der Waals surface area contributed by atoms with Crippen molar-refractivity contribution in [2.75, 3.05) is 17.3 Å². The second-order valence-corrected chi connectivity index (χ2v) is 11.2. The van der Waals surface area contributed by atoms with Crippen LogP contribution in [-0.4, -0.2) is 44.5 Å². The highest BCUT2D eigenvalue weighted by Crippen LogP contribution is 2.54. The number of carbonyl (C=O) groups excluding carboxylic acids is 2.